The summed E-state index contributed by atoms with van der Waals surface area (Å²) in [5.41, 5.74) is 1.34. The van der Waals surface area contributed by atoms with Crippen LogP contribution in [0.5, 0.6) is 5.75 Å². The summed E-state index contributed by atoms with van der Waals surface area (Å²) in [6, 6.07) is 7.34. The Labute approximate surface area is 125 Å². The predicted octanol–water partition coefficient (Wildman–Crippen LogP) is 3.10. The number of nitrogens with zero attached hydrogens (tertiary/aromatic N) is 2. The van der Waals surface area contributed by atoms with Crippen LogP contribution in [0.25, 0.3) is 0 Å². The number of carbonyl (C=O) groups excluding carboxylic acids is 1. The van der Waals surface area contributed by atoms with Gasteiger partial charge in [-0.05, 0) is 24.6 Å². The van der Waals surface area contributed by atoms with Gasteiger partial charge in [0.25, 0.3) is 5.69 Å². The lowest BCUT2D eigenvalue weighted by atomic mass is 10.2. The standard InChI is InChI=1S/C14H11ClN2O4/c1-9-2-3-10(8-16-9)6-14(18)21-11-4-5-13(17(19)20)12(15)7-11/h2-5,7-8H,6H2,1H3. The Hall–Kier alpha value is -2.47. The first-order chi connectivity index (χ1) is 9.95. The van der Waals surface area contributed by atoms with Crippen LogP contribution in [0.15, 0.2) is 36.5 Å². The number of nitro groups is 1. The molecule has 1 heterocycles. The van der Waals surface area contributed by atoms with Crippen molar-refractivity contribution >= 4 is 23.3 Å². The molecule has 1 aromatic heterocycles. The molecule has 0 saturated carbocycles. The number of nitro benzene ring substituents is 1. The Kier molecular flexibility index (Phi) is 4.49. The zero-order chi connectivity index (χ0) is 15.4. The molecule has 0 unspecified atom stereocenters. The van der Waals surface area contributed by atoms with Crippen molar-refractivity contribution in [2.24, 2.45) is 0 Å². The van der Waals surface area contributed by atoms with Gasteiger partial charge in [-0.15, -0.1) is 0 Å². The molecule has 0 radical (unpaired) electrons. The van der Waals surface area contributed by atoms with Crippen LogP contribution < -0.4 is 4.74 Å². The molecular weight excluding hydrogens is 296 g/mol. The second kappa shape index (κ2) is 6.32. The molecule has 0 bridgehead atoms. The van der Waals surface area contributed by atoms with E-state index < -0.39 is 10.9 Å². The molecule has 6 nitrogen and oxygen atoms in total. The zero-order valence-electron chi connectivity index (χ0n) is 11.1. The Morgan fingerprint density at radius 1 is 1.38 bits per heavy atom. The van der Waals surface area contributed by atoms with Crippen molar-refractivity contribution in [2.45, 2.75) is 13.3 Å². The zero-order valence-corrected chi connectivity index (χ0v) is 11.8. The van der Waals surface area contributed by atoms with Crippen LogP contribution in [0.1, 0.15) is 11.3 Å². The number of benzene rings is 1. The predicted molar refractivity (Wildman–Crippen MR) is 76.4 cm³/mol. The molecule has 21 heavy (non-hydrogen) atoms. The first-order valence-electron chi connectivity index (χ1n) is 6.02. The van der Waals surface area contributed by atoms with Gasteiger partial charge in [0.15, 0.2) is 0 Å². The van der Waals surface area contributed by atoms with Crippen LogP contribution in [-0.2, 0) is 11.2 Å². The van der Waals surface area contributed by atoms with E-state index in [9.17, 15) is 14.9 Å². The molecule has 108 valence electrons. The summed E-state index contributed by atoms with van der Waals surface area (Å²) in [5.74, 6) is -0.332. The summed E-state index contributed by atoms with van der Waals surface area (Å²) in [7, 11) is 0. The number of carbonyl (C=O) groups is 1. The van der Waals surface area contributed by atoms with Crippen LogP contribution >= 0.6 is 11.6 Å². The van der Waals surface area contributed by atoms with Gasteiger partial charge in [0.05, 0.1) is 11.3 Å². The van der Waals surface area contributed by atoms with Crippen molar-refractivity contribution in [1.82, 2.24) is 4.98 Å². The van der Waals surface area contributed by atoms with Gasteiger partial charge in [0, 0.05) is 24.0 Å². The first kappa shape index (κ1) is 14.9. The fourth-order valence-corrected chi connectivity index (χ4v) is 1.88. The fourth-order valence-electron chi connectivity index (χ4n) is 1.64. The number of aryl methyl sites for hydroxylation is 1. The van der Waals surface area contributed by atoms with Crippen molar-refractivity contribution in [1.29, 1.82) is 0 Å². The van der Waals surface area contributed by atoms with Crippen LogP contribution in [-0.4, -0.2) is 15.9 Å². The van der Waals surface area contributed by atoms with Gasteiger partial charge in [0.1, 0.15) is 10.8 Å². The summed E-state index contributed by atoms with van der Waals surface area (Å²) in [5, 5.41) is 10.5. The van der Waals surface area contributed by atoms with Crippen LogP contribution in [0.3, 0.4) is 0 Å². The highest BCUT2D eigenvalue weighted by atomic mass is 35.5. The van der Waals surface area contributed by atoms with E-state index in [1.54, 1.807) is 18.3 Å². The monoisotopic (exact) mass is 306 g/mol. The molecule has 0 aliphatic heterocycles. The van der Waals surface area contributed by atoms with E-state index in [1.807, 2.05) is 6.92 Å². The van der Waals surface area contributed by atoms with Crippen molar-refractivity contribution in [2.75, 3.05) is 0 Å². The van der Waals surface area contributed by atoms with Crippen molar-refractivity contribution in [3.8, 4) is 5.75 Å². The van der Waals surface area contributed by atoms with Crippen molar-refractivity contribution in [3.05, 3.63) is 62.9 Å². The lowest BCUT2D eigenvalue weighted by molar-refractivity contribution is -0.384. The second-order valence-corrected chi connectivity index (χ2v) is 4.74. The molecular formula is C14H11ClN2O4. The van der Waals surface area contributed by atoms with Crippen molar-refractivity contribution < 1.29 is 14.5 Å². The number of hydrogen-bond acceptors (Lipinski definition) is 5. The number of halogens is 1. The third kappa shape index (κ3) is 4.00. The van der Waals surface area contributed by atoms with Gasteiger partial charge in [-0.3, -0.25) is 19.9 Å². The van der Waals surface area contributed by atoms with E-state index in [-0.39, 0.29) is 22.9 Å². The first-order valence-corrected chi connectivity index (χ1v) is 6.39. The normalized spacial score (nSPS) is 10.2. The highest BCUT2D eigenvalue weighted by Crippen LogP contribution is 2.28. The van der Waals surface area contributed by atoms with Gasteiger partial charge < -0.3 is 4.74 Å². The molecule has 0 fully saturated rings. The summed E-state index contributed by atoms with van der Waals surface area (Å²) >= 11 is 5.74. The molecule has 1 aromatic carbocycles. The van der Waals surface area contributed by atoms with E-state index in [4.69, 9.17) is 16.3 Å². The second-order valence-electron chi connectivity index (χ2n) is 4.33. The third-order valence-electron chi connectivity index (χ3n) is 2.67. The summed E-state index contributed by atoms with van der Waals surface area (Å²) in [4.78, 5) is 25.9. The maximum atomic E-state index is 11.8. The summed E-state index contributed by atoms with van der Waals surface area (Å²) in [6.45, 7) is 1.85. The summed E-state index contributed by atoms with van der Waals surface area (Å²) in [6.07, 6.45) is 1.65. The summed E-state index contributed by atoms with van der Waals surface area (Å²) < 4.78 is 5.09. The quantitative estimate of drug-likeness (QED) is 0.375. The largest absolute Gasteiger partial charge is 0.426 e. The molecule has 0 saturated heterocycles. The topological polar surface area (TPSA) is 82.3 Å². The fraction of sp³-hybridized carbons (Fsp3) is 0.143. The van der Waals surface area contributed by atoms with Gasteiger partial charge >= 0.3 is 5.97 Å². The minimum Gasteiger partial charge on any atom is -0.426 e. The smallest absolute Gasteiger partial charge is 0.315 e. The lowest BCUT2D eigenvalue weighted by Crippen LogP contribution is -2.11. The Morgan fingerprint density at radius 3 is 2.71 bits per heavy atom. The Morgan fingerprint density at radius 2 is 2.14 bits per heavy atom. The van der Waals surface area contributed by atoms with Gasteiger partial charge in [-0.1, -0.05) is 17.7 Å². The highest BCUT2D eigenvalue weighted by Gasteiger charge is 2.14. The highest BCUT2D eigenvalue weighted by molar-refractivity contribution is 6.32. The minimum atomic E-state index is -0.605. The maximum absolute atomic E-state index is 11.8. The van der Waals surface area contributed by atoms with Gasteiger partial charge in [-0.25, -0.2) is 0 Å². The van der Waals surface area contributed by atoms with Crippen LogP contribution in [0.2, 0.25) is 5.02 Å². The molecule has 2 rings (SSSR count). The Bertz CT molecular complexity index is 686. The van der Waals surface area contributed by atoms with E-state index in [0.717, 1.165) is 11.3 Å². The molecule has 2 aromatic rings. The number of aromatic nitrogens is 1. The third-order valence-corrected chi connectivity index (χ3v) is 2.97. The van der Waals surface area contributed by atoms with E-state index >= 15 is 0 Å². The number of hydrogen-bond donors (Lipinski definition) is 0. The molecule has 0 aliphatic carbocycles. The molecule has 0 amide bonds. The number of ether oxygens (including phenoxy) is 1. The van der Waals surface area contributed by atoms with Crippen LogP contribution in [0, 0.1) is 17.0 Å². The Balaban J connectivity index is 2.04. The van der Waals surface area contributed by atoms with E-state index in [2.05, 4.69) is 4.98 Å². The van der Waals surface area contributed by atoms with E-state index in [1.165, 1.54) is 18.2 Å². The average molecular weight is 307 g/mol. The van der Waals surface area contributed by atoms with Gasteiger partial charge in [-0.2, -0.15) is 0 Å². The molecule has 7 heteroatoms. The minimum absolute atomic E-state index is 0.0574. The average Bonchev–Trinajstić information content (AvgIpc) is 2.41. The van der Waals surface area contributed by atoms with Gasteiger partial charge in [0.2, 0.25) is 0 Å². The van der Waals surface area contributed by atoms with E-state index in [0.29, 0.717) is 0 Å². The number of pyridine rings is 1. The molecule has 0 spiro atoms. The van der Waals surface area contributed by atoms with Crippen LogP contribution in [0.4, 0.5) is 5.69 Å². The maximum Gasteiger partial charge on any atom is 0.315 e. The SMILES string of the molecule is Cc1ccc(CC(=O)Oc2ccc([N+](=O)[O-])c(Cl)c2)cn1. The number of rotatable bonds is 4. The van der Waals surface area contributed by atoms with Crippen molar-refractivity contribution in [3.63, 3.8) is 0 Å². The number of esters is 1. The molecule has 0 atom stereocenters. The molecule has 0 N–H and O–H groups in total. The molecule has 0 aliphatic rings. The lowest BCUT2D eigenvalue weighted by Gasteiger charge is -2.05.